The van der Waals surface area contributed by atoms with E-state index in [1.807, 2.05) is 17.7 Å². The molecule has 1 amide bonds. The van der Waals surface area contributed by atoms with Crippen LogP contribution >= 0.6 is 23.1 Å². The molecule has 7 heteroatoms. The molecule has 0 saturated heterocycles. The maximum atomic E-state index is 13.0. The summed E-state index contributed by atoms with van der Waals surface area (Å²) < 4.78 is 14.6. The number of halogens is 1. The molecule has 1 N–H and O–H groups in total. The second-order valence-electron chi connectivity index (χ2n) is 4.77. The van der Waals surface area contributed by atoms with Gasteiger partial charge < -0.3 is 5.32 Å². The van der Waals surface area contributed by atoms with Crippen molar-refractivity contribution in [2.75, 3.05) is 11.6 Å². The molecule has 0 unspecified atom stereocenters. The molecule has 0 saturated carbocycles. The number of benzene rings is 1. The number of thioether (sulfide) groups is 1. The maximum absolute atomic E-state index is 13.0. The van der Waals surface area contributed by atoms with Crippen molar-refractivity contribution in [2.24, 2.45) is 0 Å². The van der Waals surface area contributed by atoms with Crippen molar-refractivity contribution >= 4 is 34.8 Å². The molecule has 0 radical (unpaired) electrons. The summed E-state index contributed by atoms with van der Waals surface area (Å²) in [5.74, 6) is 0.190. The van der Waals surface area contributed by atoms with Crippen LogP contribution in [0, 0.1) is 5.82 Å². The van der Waals surface area contributed by atoms with Gasteiger partial charge >= 0.3 is 0 Å². The molecule has 0 fully saturated rings. The third kappa shape index (κ3) is 3.62. The Hall–Kier alpha value is -2.12. The molecule has 0 bridgehead atoms. The number of nitrogens with zero attached hydrogens (tertiary/aromatic N) is 2. The van der Waals surface area contributed by atoms with Gasteiger partial charge in [-0.1, -0.05) is 12.1 Å². The van der Waals surface area contributed by atoms with E-state index in [1.54, 1.807) is 40.8 Å². The number of anilines is 1. The predicted molar refractivity (Wildman–Crippen MR) is 91.8 cm³/mol. The second kappa shape index (κ2) is 6.97. The summed E-state index contributed by atoms with van der Waals surface area (Å²) in [5.41, 5.74) is 0.909. The Labute approximate surface area is 141 Å². The van der Waals surface area contributed by atoms with Crippen LogP contribution in [-0.2, 0) is 6.54 Å². The fraction of sp³-hybridized carbons (Fsp3) is 0.125. The summed E-state index contributed by atoms with van der Waals surface area (Å²) in [6.07, 6.45) is 3.57. The topological polar surface area (TPSA) is 46.9 Å². The van der Waals surface area contributed by atoms with Crippen LogP contribution in [0.25, 0.3) is 0 Å². The average molecular weight is 347 g/mol. The highest BCUT2D eigenvalue weighted by Gasteiger charge is 2.15. The Morgan fingerprint density at radius 3 is 2.83 bits per heavy atom. The van der Waals surface area contributed by atoms with Crippen molar-refractivity contribution in [3.05, 3.63) is 64.2 Å². The molecule has 0 spiro atoms. The smallest absolute Gasteiger partial charge is 0.268 e. The van der Waals surface area contributed by atoms with Crippen molar-refractivity contribution in [3.63, 3.8) is 0 Å². The standard InChI is InChI=1S/C16H14FN3OS2/c1-22-13-7-9-23-15(13)16(21)19-14-6-8-18-20(14)10-11-2-4-12(17)5-3-11/h2-9H,10H2,1H3,(H,19,21). The zero-order valence-electron chi connectivity index (χ0n) is 12.3. The van der Waals surface area contributed by atoms with Gasteiger partial charge in [-0.2, -0.15) is 5.10 Å². The van der Waals surface area contributed by atoms with E-state index >= 15 is 0 Å². The summed E-state index contributed by atoms with van der Waals surface area (Å²) in [4.78, 5) is 14.0. The predicted octanol–water partition coefficient (Wildman–Crippen LogP) is 4.11. The molecule has 23 heavy (non-hydrogen) atoms. The number of hydrogen-bond acceptors (Lipinski definition) is 4. The van der Waals surface area contributed by atoms with Gasteiger partial charge in [0.2, 0.25) is 0 Å². The van der Waals surface area contributed by atoms with Crippen molar-refractivity contribution < 1.29 is 9.18 Å². The molecule has 0 aliphatic rings. The maximum Gasteiger partial charge on any atom is 0.268 e. The van der Waals surface area contributed by atoms with Gasteiger partial charge in [0.05, 0.1) is 12.7 Å². The van der Waals surface area contributed by atoms with Crippen LogP contribution in [0.3, 0.4) is 0 Å². The SMILES string of the molecule is CSc1ccsc1C(=O)Nc1ccnn1Cc1ccc(F)cc1. The number of carbonyl (C=O) groups is 1. The first-order valence-corrected chi connectivity index (χ1v) is 8.97. The number of thiophene rings is 1. The van der Waals surface area contributed by atoms with E-state index in [1.165, 1.54) is 23.5 Å². The quantitative estimate of drug-likeness (QED) is 0.707. The van der Waals surface area contributed by atoms with Crippen LogP contribution in [0.5, 0.6) is 0 Å². The normalized spacial score (nSPS) is 10.7. The van der Waals surface area contributed by atoms with Crippen molar-refractivity contribution in [1.82, 2.24) is 9.78 Å². The Balaban J connectivity index is 1.76. The monoisotopic (exact) mass is 347 g/mol. The first-order valence-electron chi connectivity index (χ1n) is 6.86. The van der Waals surface area contributed by atoms with Gasteiger partial charge in [-0.3, -0.25) is 4.79 Å². The van der Waals surface area contributed by atoms with Gasteiger partial charge in [-0.15, -0.1) is 23.1 Å². The second-order valence-corrected chi connectivity index (χ2v) is 6.54. The summed E-state index contributed by atoms with van der Waals surface area (Å²) in [5, 5.41) is 9.00. The molecule has 2 heterocycles. The summed E-state index contributed by atoms with van der Waals surface area (Å²) in [7, 11) is 0. The minimum absolute atomic E-state index is 0.148. The Morgan fingerprint density at radius 1 is 1.30 bits per heavy atom. The summed E-state index contributed by atoms with van der Waals surface area (Å²) in [6, 6.07) is 9.90. The molecular weight excluding hydrogens is 333 g/mol. The Bertz CT molecular complexity index is 811. The van der Waals surface area contributed by atoms with Crippen LogP contribution in [0.2, 0.25) is 0 Å². The molecule has 1 aromatic carbocycles. The van der Waals surface area contributed by atoms with Gasteiger partial charge in [0.25, 0.3) is 5.91 Å². The van der Waals surface area contributed by atoms with Gasteiger partial charge in [0.1, 0.15) is 16.5 Å². The molecule has 2 aromatic heterocycles. The summed E-state index contributed by atoms with van der Waals surface area (Å²) >= 11 is 2.95. The molecule has 0 aliphatic carbocycles. The lowest BCUT2D eigenvalue weighted by atomic mass is 10.2. The number of aromatic nitrogens is 2. The van der Waals surface area contributed by atoms with Gasteiger partial charge in [-0.05, 0) is 35.4 Å². The third-order valence-corrected chi connectivity index (χ3v) is 5.08. The van der Waals surface area contributed by atoms with Crippen molar-refractivity contribution in [1.29, 1.82) is 0 Å². The highest BCUT2D eigenvalue weighted by Crippen LogP contribution is 2.26. The highest BCUT2D eigenvalue weighted by molar-refractivity contribution is 7.98. The van der Waals surface area contributed by atoms with E-state index in [2.05, 4.69) is 10.4 Å². The van der Waals surface area contributed by atoms with Crippen LogP contribution in [0.4, 0.5) is 10.2 Å². The Morgan fingerprint density at radius 2 is 2.09 bits per heavy atom. The van der Waals surface area contributed by atoms with Gasteiger partial charge in [0, 0.05) is 11.0 Å². The van der Waals surface area contributed by atoms with Gasteiger partial charge in [-0.25, -0.2) is 9.07 Å². The van der Waals surface area contributed by atoms with E-state index in [0.29, 0.717) is 17.2 Å². The zero-order chi connectivity index (χ0) is 16.2. The van der Waals surface area contributed by atoms with Crippen LogP contribution in [0.15, 0.2) is 52.9 Å². The number of carbonyl (C=O) groups excluding carboxylic acids is 1. The molecule has 4 nitrogen and oxygen atoms in total. The van der Waals surface area contributed by atoms with E-state index in [0.717, 1.165) is 10.5 Å². The van der Waals surface area contributed by atoms with Crippen LogP contribution in [-0.4, -0.2) is 21.9 Å². The fourth-order valence-electron chi connectivity index (χ4n) is 2.12. The summed E-state index contributed by atoms with van der Waals surface area (Å²) in [6.45, 7) is 0.461. The van der Waals surface area contributed by atoms with Crippen molar-refractivity contribution in [3.8, 4) is 0 Å². The average Bonchev–Trinajstić information content (AvgIpc) is 3.19. The minimum atomic E-state index is -0.273. The minimum Gasteiger partial charge on any atom is -0.306 e. The number of nitrogens with one attached hydrogen (secondary N) is 1. The van der Waals surface area contributed by atoms with Crippen LogP contribution in [0.1, 0.15) is 15.2 Å². The van der Waals surface area contributed by atoms with E-state index in [4.69, 9.17) is 0 Å². The lowest BCUT2D eigenvalue weighted by Crippen LogP contribution is -2.15. The number of rotatable bonds is 5. The lowest BCUT2D eigenvalue weighted by Gasteiger charge is -2.09. The molecular formula is C16H14FN3OS2. The lowest BCUT2D eigenvalue weighted by molar-refractivity contribution is 0.102. The molecule has 0 aliphatic heterocycles. The third-order valence-electron chi connectivity index (χ3n) is 3.26. The first kappa shape index (κ1) is 15.8. The largest absolute Gasteiger partial charge is 0.306 e. The Kier molecular flexibility index (Phi) is 4.78. The highest BCUT2D eigenvalue weighted by atomic mass is 32.2. The number of amides is 1. The zero-order valence-corrected chi connectivity index (χ0v) is 14.0. The van der Waals surface area contributed by atoms with Crippen molar-refractivity contribution in [2.45, 2.75) is 11.4 Å². The molecule has 118 valence electrons. The van der Waals surface area contributed by atoms with E-state index < -0.39 is 0 Å². The van der Waals surface area contributed by atoms with Crippen LogP contribution < -0.4 is 5.32 Å². The van der Waals surface area contributed by atoms with E-state index in [-0.39, 0.29) is 11.7 Å². The van der Waals surface area contributed by atoms with Gasteiger partial charge in [0.15, 0.2) is 0 Å². The fourth-order valence-corrected chi connectivity index (χ4v) is 3.77. The first-order chi connectivity index (χ1) is 11.2. The molecule has 0 atom stereocenters. The molecule has 3 aromatic rings. The van der Waals surface area contributed by atoms with E-state index in [9.17, 15) is 9.18 Å². The number of hydrogen-bond donors (Lipinski definition) is 1. The molecule has 3 rings (SSSR count).